The molecule has 1 aliphatic rings. The van der Waals surface area contributed by atoms with E-state index in [1.807, 2.05) is 36.9 Å². The predicted molar refractivity (Wildman–Crippen MR) is 73.1 cm³/mol. The summed E-state index contributed by atoms with van der Waals surface area (Å²) in [6.45, 7) is 5.48. The smallest absolute Gasteiger partial charge is 0.229 e. The van der Waals surface area contributed by atoms with E-state index in [1.165, 1.54) is 5.56 Å². The minimum atomic E-state index is -0.422. The van der Waals surface area contributed by atoms with E-state index in [9.17, 15) is 4.79 Å². The molecule has 2 rings (SSSR count). The summed E-state index contributed by atoms with van der Waals surface area (Å²) < 4.78 is 0. The molecule has 0 radical (unpaired) electrons. The maximum atomic E-state index is 12.3. The lowest BCUT2D eigenvalue weighted by atomic mass is 9.78. The van der Waals surface area contributed by atoms with Gasteiger partial charge in [-0.2, -0.15) is 0 Å². The molecular formula is C15H22N2O. The second-order valence-corrected chi connectivity index (χ2v) is 5.64. The van der Waals surface area contributed by atoms with E-state index in [0.29, 0.717) is 0 Å². The maximum absolute atomic E-state index is 12.3. The van der Waals surface area contributed by atoms with Crippen molar-refractivity contribution in [3.63, 3.8) is 0 Å². The maximum Gasteiger partial charge on any atom is 0.229 e. The second kappa shape index (κ2) is 5.11. The molecule has 1 aromatic carbocycles. The van der Waals surface area contributed by atoms with Gasteiger partial charge in [-0.15, -0.1) is 0 Å². The van der Waals surface area contributed by atoms with Crippen molar-refractivity contribution in [1.29, 1.82) is 0 Å². The van der Waals surface area contributed by atoms with Gasteiger partial charge in [0.2, 0.25) is 5.91 Å². The van der Waals surface area contributed by atoms with E-state index in [0.717, 1.165) is 25.9 Å². The number of likely N-dealkylation sites (tertiary alicyclic amines) is 1. The predicted octanol–water partition coefficient (Wildman–Crippen LogP) is 1.81. The molecule has 1 amide bonds. The van der Waals surface area contributed by atoms with E-state index in [2.05, 4.69) is 12.1 Å². The number of nitrogens with two attached hydrogens (primary N) is 1. The molecule has 1 fully saturated rings. The van der Waals surface area contributed by atoms with Gasteiger partial charge in [-0.3, -0.25) is 4.79 Å². The van der Waals surface area contributed by atoms with Gasteiger partial charge < -0.3 is 10.6 Å². The van der Waals surface area contributed by atoms with E-state index >= 15 is 0 Å². The zero-order valence-corrected chi connectivity index (χ0v) is 11.2. The third-order valence-electron chi connectivity index (χ3n) is 3.99. The summed E-state index contributed by atoms with van der Waals surface area (Å²) in [5, 5.41) is 0. The highest BCUT2D eigenvalue weighted by Gasteiger charge is 2.41. The van der Waals surface area contributed by atoms with Gasteiger partial charge >= 0.3 is 0 Å². The van der Waals surface area contributed by atoms with Gasteiger partial charge in [-0.25, -0.2) is 0 Å². The van der Waals surface area contributed by atoms with Crippen molar-refractivity contribution in [2.75, 3.05) is 13.1 Å². The quantitative estimate of drug-likeness (QED) is 0.884. The van der Waals surface area contributed by atoms with Gasteiger partial charge in [-0.1, -0.05) is 30.3 Å². The molecule has 1 saturated heterocycles. The van der Waals surface area contributed by atoms with Crippen molar-refractivity contribution >= 4 is 5.91 Å². The SMILES string of the molecule is CC1(C)C(=O)N(CCc2ccccc2)CCC1N. The lowest BCUT2D eigenvalue weighted by Crippen LogP contribution is -2.56. The fourth-order valence-corrected chi connectivity index (χ4v) is 2.45. The third kappa shape index (κ3) is 2.56. The van der Waals surface area contributed by atoms with Crippen molar-refractivity contribution < 1.29 is 4.79 Å². The van der Waals surface area contributed by atoms with Crippen molar-refractivity contribution in [3.05, 3.63) is 35.9 Å². The molecule has 0 aliphatic carbocycles. The largest absolute Gasteiger partial charge is 0.342 e. The molecule has 1 aromatic rings. The molecule has 3 heteroatoms. The summed E-state index contributed by atoms with van der Waals surface area (Å²) in [6.07, 6.45) is 1.81. The van der Waals surface area contributed by atoms with Crippen LogP contribution in [-0.4, -0.2) is 29.9 Å². The van der Waals surface area contributed by atoms with Crippen LogP contribution in [-0.2, 0) is 11.2 Å². The zero-order valence-electron chi connectivity index (χ0n) is 11.2. The number of carbonyl (C=O) groups excluding carboxylic acids is 1. The highest BCUT2D eigenvalue weighted by Crippen LogP contribution is 2.29. The highest BCUT2D eigenvalue weighted by atomic mass is 16.2. The molecule has 1 unspecified atom stereocenters. The van der Waals surface area contributed by atoms with Crippen molar-refractivity contribution in [2.24, 2.45) is 11.1 Å². The Bertz CT molecular complexity index is 414. The molecular weight excluding hydrogens is 224 g/mol. The Balaban J connectivity index is 1.97. The molecule has 0 saturated carbocycles. The van der Waals surface area contributed by atoms with Crippen LogP contribution < -0.4 is 5.73 Å². The summed E-state index contributed by atoms with van der Waals surface area (Å²) in [6, 6.07) is 10.3. The monoisotopic (exact) mass is 246 g/mol. The van der Waals surface area contributed by atoms with Gasteiger partial charge in [0.1, 0.15) is 0 Å². The Hall–Kier alpha value is -1.35. The number of carbonyl (C=O) groups is 1. The van der Waals surface area contributed by atoms with Crippen LogP contribution in [0.1, 0.15) is 25.8 Å². The van der Waals surface area contributed by atoms with Gasteiger partial charge in [0, 0.05) is 19.1 Å². The van der Waals surface area contributed by atoms with Gasteiger partial charge in [0.15, 0.2) is 0 Å². The summed E-state index contributed by atoms with van der Waals surface area (Å²) in [7, 11) is 0. The number of piperidine rings is 1. The van der Waals surface area contributed by atoms with Crippen LogP contribution in [0.15, 0.2) is 30.3 Å². The Morgan fingerprint density at radius 3 is 2.67 bits per heavy atom. The minimum absolute atomic E-state index is 0.0158. The Morgan fingerprint density at radius 2 is 2.00 bits per heavy atom. The Labute approximate surface area is 109 Å². The number of hydrogen-bond donors (Lipinski definition) is 1. The van der Waals surface area contributed by atoms with Crippen LogP contribution in [0.3, 0.4) is 0 Å². The molecule has 0 aromatic heterocycles. The first-order valence-corrected chi connectivity index (χ1v) is 6.60. The number of amides is 1. The fourth-order valence-electron chi connectivity index (χ4n) is 2.45. The van der Waals surface area contributed by atoms with Crippen LogP contribution in [0.5, 0.6) is 0 Å². The molecule has 0 spiro atoms. The summed E-state index contributed by atoms with van der Waals surface area (Å²) >= 11 is 0. The molecule has 1 heterocycles. The van der Waals surface area contributed by atoms with Crippen LogP contribution in [0.25, 0.3) is 0 Å². The van der Waals surface area contributed by atoms with Crippen molar-refractivity contribution in [3.8, 4) is 0 Å². The average Bonchev–Trinajstić information content (AvgIpc) is 2.37. The molecule has 3 nitrogen and oxygen atoms in total. The van der Waals surface area contributed by atoms with Gasteiger partial charge in [0.05, 0.1) is 5.41 Å². The topological polar surface area (TPSA) is 46.3 Å². The molecule has 1 aliphatic heterocycles. The van der Waals surface area contributed by atoms with E-state index in [-0.39, 0.29) is 11.9 Å². The summed E-state index contributed by atoms with van der Waals surface area (Å²) in [4.78, 5) is 14.3. The Morgan fingerprint density at radius 1 is 1.33 bits per heavy atom. The molecule has 0 bridgehead atoms. The fraction of sp³-hybridized carbons (Fsp3) is 0.533. The van der Waals surface area contributed by atoms with Gasteiger partial charge in [0.25, 0.3) is 0 Å². The lowest BCUT2D eigenvalue weighted by molar-refractivity contribution is -0.145. The van der Waals surface area contributed by atoms with E-state index in [4.69, 9.17) is 5.73 Å². The summed E-state index contributed by atoms with van der Waals surface area (Å²) in [5.74, 6) is 0.192. The molecule has 1 atom stereocenters. The molecule has 18 heavy (non-hydrogen) atoms. The van der Waals surface area contributed by atoms with Gasteiger partial charge in [-0.05, 0) is 32.3 Å². The van der Waals surface area contributed by atoms with E-state index < -0.39 is 5.41 Å². The van der Waals surface area contributed by atoms with Crippen LogP contribution in [0, 0.1) is 5.41 Å². The standard InChI is InChI=1S/C15H22N2O/c1-15(2)13(16)9-11-17(14(15)18)10-8-12-6-4-3-5-7-12/h3-7,13H,8-11,16H2,1-2H3. The molecule has 98 valence electrons. The first-order chi connectivity index (χ1) is 8.51. The Kier molecular flexibility index (Phi) is 3.71. The highest BCUT2D eigenvalue weighted by molar-refractivity contribution is 5.83. The number of hydrogen-bond acceptors (Lipinski definition) is 2. The van der Waals surface area contributed by atoms with Crippen molar-refractivity contribution in [1.82, 2.24) is 4.90 Å². The number of rotatable bonds is 3. The first-order valence-electron chi connectivity index (χ1n) is 6.60. The van der Waals surface area contributed by atoms with Crippen LogP contribution >= 0.6 is 0 Å². The third-order valence-corrected chi connectivity index (χ3v) is 3.99. The average molecular weight is 246 g/mol. The summed E-state index contributed by atoms with van der Waals surface area (Å²) in [5.41, 5.74) is 6.88. The number of nitrogens with zero attached hydrogens (tertiary/aromatic N) is 1. The number of benzene rings is 1. The zero-order chi connectivity index (χ0) is 13.2. The van der Waals surface area contributed by atoms with Crippen LogP contribution in [0.4, 0.5) is 0 Å². The second-order valence-electron chi connectivity index (χ2n) is 5.64. The minimum Gasteiger partial charge on any atom is -0.342 e. The van der Waals surface area contributed by atoms with Crippen molar-refractivity contribution in [2.45, 2.75) is 32.7 Å². The van der Waals surface area contributed by atoms with E-state index in [1.54, 1.807) is 0 Å². The lowest BCUT2D eigenvalue weighted by Gasteiger charge is -2.41. The molecule has 2 N–H and O–H groups in total. The van der Waals surface area contributed by atoms with Crippen LogP contribution in [0.2, 0.25) is 0 Å². The normalized spacial score (nSPS) is 23.2. The first kappa shape index (κ1) is 13.1.